The standard InChI is InChI=1S/C25H32BrNO2S.3C2H6/c1-7-23(21-9-8-16(4)10-17(21)5)27-14-20-11-19(12-22(26)25(20)30)13-24(18(6)28)29-15(2)3;3*1-2/h7-12,15,23-24,27-28,30H,1,6,13-14H2,2-5H3;3*1-2H3. The summed E-state index contributed by atoms with van der Waals surface area (Å²) in [5.41, 5.74) is 5.80. The number of halogens is 1. The van der Waals surface area contributed by atoms with Crippen LogP contribution in [-0.2, 0) is 17.7 Å². The minimum absolute atomic E-state index is 0.00118. The van der Waals surface area contributed by atoms with E-state index in [9.17, 15) is 5.11 Å². The minimum Gasteiger partial charge on any atom is -0.510 e. The van der Waals surface area contributed by atoms with E-state index < -0.39 is 6.10 Å². The number of benzene rings is 2. The molecular weight excluding hydrogens is 530 g/mol. The van der Waals surface area contributed by atoms with Crippen LogP contribution in [0.15, 0.2) is 64.7 Å². The highest BCUT2D eigenvalue weighted by Crippen LogP contribution is 2.29. The summed E-state index contributed by atoms with van der Waals surface area (Å²) in [7, 11) is 0. The average molecular weight is 581 g/mol. The zero-order chi connectivity index (χ0) is 28.4. The summed E-state index contributed by atoms with van der Waals surface area (Å²) in [6.07, 6.45) is 2.02. The highest BCUT2D eigenvalue weighted by molar-refractivity contribution is 9.10. The second-order valence-corrected chi connectivity index (χ2v) is 9.21. The first kappa shape index (κ1) is 36.6. The fourth-order valence-corrected chi connectivity index (χ4v) is 4.23. The number of rotatable bonds is 10. The molecule has 0 radical (unpaired) electrons. The maximum atomic E-state index is 9.93. The summed E-state index contributed by atoms with van der Waals surface area (Å²) in [4.78, 5) is 0.888. The molecular formula is C31H50BrNO2S. The topological polar surface area (TPSA) is 41.5 Å². The van der Waals surface area contributed by atoms with Gasteiger partial charge in [0.1, 0.15) is 11.9 Å². The van der Waals surface area contributed by atoms with Gasteiger partial charge in [-0.3, -0.25) is 0 Å². The van der Waals surface area contributed by atoms with Gasteiger partial charge in [-0.15, -0.1) is 19.2 Å². The quantitative estimate of drug-likeness (QED) is 0.149. The van der Waals surface area contributed by atoms with Crippen molar-refractivity contribution in [1.29, 1.82) is 0 Å². The van der Waals surface area contributed by atoms with Crippen LogP contribution in [0.25, 0.3) is 0 Å². The van der Waals surface area contributed by atoms with Crippen molar-refractivity contribution in [1.82, 2.24) is 5.32 Å². The van der Waals surface area contributed by atoms with E-state index in [4.69, 9.17) is 4.74 Å². The third-order valence-electron chi connectivity index (χ3n) is 4.94. The van der Waals surface area contributed by atoms with Crippen LogP contribution in [0.4, 0.5) is 0 Å². The number of aliphatic hydroxyl groups excluding tert-OH is 1. The van der Waals surface area contributed by atoms with Gasteiger partial charge in [-0.2, -0.15) is 0 Å². The van der Waals surface area contributed by atoms with E-state index >= 15 is 0 Å². The van der Waals surface area contributed by atoms with Crippen LogP contribution in [0.1, 0.15) is 89.2 Å². The Labute approximate surface area is 236 Å². The van der Waals surface area contributed by atoms with E-state index in [0.29, 0.717) is 13.0 Å². The SMILES string of the molecule is C=CC(NCc1cc(CC(OC(C)C)C(=C)O)cc(Br)c1S)c1ccc(C)cc1C.CC.CC.CC. The molecule has 204 valence electrons. The number of ether oxygens (including phenoxy) is 1. The number of hydrogen-bond acceptors (Lipinski definition) is 4. The number of aryl methyl sites for hydroxylation is 2. The van der Waals surface area contributed by atoms with Crippen LogP contribution in [0.3, 0.4) is 0 Å². The molecule has 0 aliphatic heterocycles. The Morgan fingerprint density at radius 3 is 2.14 bits per heavy atom. The highest BCUT2D eigenvalue weighted by atomic mass is 79.9. The van der Waals surface area contributed by atoms with E-state index in [0.717, 1.165) is 20.5 Å². The van der Waals surface area contributed by atoms with E-state index in [-0.39, 0.29) is 17.9 Å². The van der Waals surface area contributed by atoms with Gasteiger partial charge in [-0.1, -0.05) is 84.0 Å². The normalized spacial score (nSPS) is 11.6. The molecule has 0 saturated heterocycles. The van der Waals surface area contributed by atoms with E-state index in [1.807, 2.05) is 67.5 Å². The lowest BCUT2D eigenvalue weighted by molar-refractivity contribution is 0.00789. The molecule has 2 aromatic rings. The molecule has 0 amide bonds. The fraction of sp³-hybridized carbons (Fsp3) is 0.484. The molecule has 2 unspecified atom stereocenters. The summed E-state index contributed by atoms with van der Waals surface area (Å²) in [6.45, 7) is 28.4. The molecule has 5 heteroatoms. The molecule has 36 heavy (non-hydrogen) atoms. The molecule has 2 aromatic carbocycles. The predicted octanol–water partition coefficient (Wildman–Crippen LogP) is 9.86. The first-order chi connectivity index (χ1) is 17.1. The maximum Gasteiger partial charge on any atom is 0.118 e. The Balaban J connectivity index is 0. The smallest absolute Gasteiger partial charge is 0.118 e. The van der Waals surface area contributed by atoms with Crippen LogP contribution in [0.5, 0.6) is 0 Å². The van der Waals surface area contributed by atoms with Gasteiger partial charge in [-0.25, -0.2) is 0 Å². The van der Waals surface area contributed by atoms with Gasteiger partial charge in [0.05, 0.1) is 12.1 Å². The molecule has 0 heterocycles. The zero-order valence-corrected chi connectivity index (χ0v) is 26.7. The van der Waals surface area contributed by atoms with Crippen molar-refractivity contribution in [2.75, 3.05) is 0 Å². The van der Waals surface area contributed by atoms with Crippen LogP contribution in [0.2, 0.25) is 0 Å². The number of hydrogen-bond donors (Lipinski definition) is 3. The minimum atomic E-state index is -0.445. The van der Waals surface area contributed by atoms with Crippen molar-refractivity contribution in [2.24, 2.45) is 0 Å². The lowest BCUT2D eigenvalue weighted by atomic mass is 9.98. The average Bonchev–Trinajstić information content (AvgIpc) is 2.86. The van der Waals surface area contributed by atoms with Gasteiger partial charge in [0.15, 0.2) is 0 Å². The fourth-order valence-electron chi connectivity index (χ4n) is 3.47. The van der Waals surface area contributed by atoms with Gasteiger partial charge in [0.25, 0.3) is 0 Å². The molecule has 2 atom stereocenters. The Hall–Kier alpha value is -1.53. The van der Waals surface area contributed by atoms with E-state index in [1.165, 1.54) is 16.7 Å². The zero-order valence-electron chi connectivity index (χ0n) is 24.2. The number of thiol groups is 1. The van der Waals surface area contributed by atoms with Crippen LogP contribution < -0.4 is 5.32 Å². The molecule has 0 saturated carbocycles. The van der Waals surface area contributed by atoms with Crippen molar-refractivity contribution in [3.63, 3.8) is 0 Å². The van der Waals surface area contributed by atoms with Crippen molar-refractivity contribution in [2.45, 2.75) is 105 Å². The van der Waals surface area contributed by atoms with Gasteiger partial charge < -0.3 is 15.2 Å². The highest BCUT2D eigenvalue weighted by Gasteiger charge is 2.18. The summed E-state index contributed by atoms with van der Waals surface area (Å²) < 4.78 is 6.72. The molecule has 0 fully saturated rings. The summed E-state index contributed by atoms with van der Waals surface area (Å²) in [5, 5.41) is 13.5. The third-order valence-corrected chi connectivity index (χ3v) is 6.40. The Morgan fingerprint density at radius 2 is 1.67 bits per heavy atom. The first-order valence-electron chi connectivity index (χ1n) is 13.1. The van der Waals surface area contributed by atoms with Crippen molar-refractivity contribution in [3.8, 4) is 0 Å². The van der Waals surface area contributed by atoms with E-state index in [1.54, 1.807) is 0 Å². The van der Waals surface area contributed by atoms with Crippen molar-refractivity contribution in [3.05, 3.63) is 87.6 Å². The van der Waals surface area contributed by atoms with Gasteiger partial charge in [0, 0.05) is 22.3 Å². The Morgan fingerprint density at radius 1 is 1.08 bits per heavy atom. The molecule has 0 aliphatic rings. The molecule has 2 N–H and O–H groups in total. The third kappa shape index (κ3) is 12.6. The first-order valence-corrected chi connectivity index (χ1v) is 14.3. The largest absolute Gasteiger partial charge is 0.510 e. The molecule has 2 rings (SSSR count). The number of aliphatic hydroxyl groups is 1. The van der Waals surface area contributed by atoms with Crippen molar-refractivity contribution >= 4 is 28.6 Å². The molecule has 0 spiro atoms. The Kier molecular flexibility index (Phi) is 20.9. The molecule has 3 nitrogen and oxygen atoms in total. The predicted molar refractivity (Wildman–Crippen MR) is 167 cm³/mol. The molecule has 0 aromatic heterocycles. The summed E-state index contributed by atoms with van der Waals surface area (Å²) in [6, 6.07) is 10.6. The van der Waals surface area contributed by atoms with Gasteiger partial charge >= 0.3 is 0 Å². The molecule has 0 bridgehead atoms. The summed E-state index contributed by atoms with van der Waals surface area (Å²) in [5.74, 6) is 0.0380. The number of nitrogens with one attached hydrogen (secondary N) is 1. The molecule has 0 aliphatic carbocycles. The van der Waals surface area contributed by atoms with Crippen molar-refractivity contribution < 1.29 is 9.84 Å². The monoisotopic (exact) mass is 579 g/mol. The second-order valence-electron chi connectivity index (χ2n) is 7.91. The lowest BCUT2D eigenvalue weighted by Crippen LogP contribution is -2.23. The van der Waals surface area contributed by atoms with Gasteiger partial charge in [-0.05, 0) is 71.9 Å². The van der Waals surface area contributed by atoms with Crippen LogP contribution in [0, 0.1) is 13.8 Å². The lowest BCUT2D eigenvalue weighted by Gasteiger charge is -2.21. The Bertz CT molecular complexity index is 912. The second kappa shape index (κ2) is 20.5. The van der Waals surface area contributed by atoms with Crippen LogP contribution >= 0.6 is 28.6 Å². The van der Waals surface area contributed by atoms with Crippen LogP contribution in [-0.4, -0.2) is 17.3 Å². The maximum absolute atomic E-state index is 9.93. The van der Waals surface area contributed by atoms with E-state index in [2.05, 4.69) is 85.1 Å². The van der Waals surface area contributed by atoms with Gasteiger partial charge in [0.2, 0.25) is 0 Å². The summed E-state index contributed by atoms with van der Waals surface area (Å²) >= 11 is 8.30.